The van der Waals surface area contributed by atoms with Gasteiger partial charge in [0.25, 0.3) is 0 Å². The SMILES string of the molecule is COC[C@@H](N)c1cc(Br)c[nH]1. The summed E-state index contributed by atoms with van der Waals surface area (Å²) in [6.07, 6.45) is 1.85. The van der Waals surface area contributed by atoms with Gasteiger partial charge in [-0.25, -0.2) is 0 Å². The van der Waals surface area contributed by atoms with Crippen LogP contribution in [-0.4, -0.2) is 18.7 Å². The molecular formula is C7H11BrN2O. The van der Waals surface area contributed by atoms with Crippen molar-refractivity contribution in [2.45, 2.75) is 6.04 Å². The van der Waals surface area contributed by atoms with E-state index in [0.29, 0.717) is 6.61 Å². The second kappa shape index (κ2) is 3.90. The molecule has 0 saturated carbocycles. The minimum atomic E-state index is -0.0636. The number of aromatic amines is 1. The Hall–Kier alpha value is -0.320. The molecule has 0 aliphatic carbocycles. The fraction of sp³-hybridized carbons (Fsp3) is 0.429. The number of halogens is 1. The molecule has 11 heavy (non-hydrogen) atoms. The van der Waals surface area contributed by atoms with Crippen LogP contribution in [-0.2, 0) is 4.74 Å². The summed E-state index contributed by atoms with van der Waals surface area (Å²) in [6, 6.07) is 1.88. The standard InChI is InChI=1S/C7H11BrN2O/c1-11-4-6(9)7-2-5(8)3-10-7/h2-3,6,10H,4,9H2,1H3/t6-/m1/s1. The zero-order valence-corrected chi connectivity index (χ0v) is 7.89. The summed E-state index contributed by atoms with van der Waals surface area (Å²) in [7, 11) is 1.64. The quantitative estimate of drug-likeness (QED) is 0.807. The minimum Gasteiger partial charge on any atom is -0.383 e. The smallest absolute Gasteiger partial charge is 0.0685 e. The lowest BCUT2D eigenvalue weighted by Gasteiger charge is -2.06. The third-order valence-corrected chi connectivity index (χ3v) is 1.87. The minimum absolute atomic E-state index is 0.0636. The molecule has 4 heteroatoms. The fourth-order valence-corrected chi connectivity index (χ4v) is 1.23. The number of nitrogens with one attached hydrogen (secondary N) is 1. The average molecular weight is 219 g/mol. The highest BCUT2D eigenvalue weighted by molar-refractivity contribution is 9.10. The molecule has 3 N–H and O–H groups in total. The first-order chi connectivity index (χ1) is 5.24. The maximum atomic E-state index is 5.74. The van der Waals surface area contributed by atoms with Crippen LogP contribution in [0.2, 0.25) is 0 Å². The molecule has 0 aliphatic rings. The Morgan fingerprint density at radius 1 is 1.82 bits per heavy atom. The Labute approximate surface area is 74.1 Å². The largest absolute Gasteiger partial charge is 0.383 e. The predicted molar refractivity (Wildman–Crippen MR) is 47.3 cm³/mol. The van der Waals surface area contributed by atoms with Gasteiger partial charge in [0.1, 0.15) is 0 Å². The number of hydrogen-bond acceptors (Lipinski definition) is 2. The van der Waals surface area contributed by atoms with Gasteiger partial charge in [0.15, 0.2) is 0 Å². The number of aromatic nitrogens is 1. The van der Waals surface area contributed by atoms with E-state index in [1.807, 2.05) is 12.3 Å². The first kappa shape index (κ1) is 8.77. The van der Waals surface area contributed by atoms with Crippen LogP contribution >= 0.6 is 15.9 Å². The highest BCUT2D eigenvalue weighted by atomic mass is 79.9. The summed E-state index contributed by atoms with van der Waals surface area (Å²) >= 11 is 3.32. The molecule has 1 aromatic heterocycles. The first-order valence-corrected chi connectivity index (χ1v) is 4.11. The molecule has 0 amide bonds. The fourth-order valence-electron chi connectivity index (χ4n) is 0.868. The highest BCUT2D eigenvalue weighted by Gasteiger charge is 2.06. The van der Waals surface area contributed by atoms with Gasteiger partial charge < -0.3 is 15.5 Å². The second-order valence-electron chi connectivity index (χ2n) is 2.34. The van der Waals surface area contributed by atoms with Crippen LogP contribution < -0.4 is 5.73 Å². The Morgan fingerprint density at radius 2 is 2.55 bits per heavy atom. The van der Waals surface area contributed by atoms with Crippen molar-refractivity contribution in [3.8, 4) is 0 Å². The normalized spacial score (nSPS) is 13.4. The van der Waals surface area contributed by atoms with Crippen molar-refractivity contribution in [1.82, 2.24) is 4.98 Å². The van der Waals surface area contributed by atoms with E-state index in [1.165, 1.54) is 0 Å². The summed E-state index contributed by atoms with van der Waals surface area (Å²) in [5.74, 6) is 0. The molecule has 0 aromatic carbocycles. The Balaban J connectivity index is 2.60. The summed E-state index contributed by atoms with van der Waals surface area (Å²) in [4.78, 5) is 3.04. The van der Waals surface area contributed by atoms with Crippen molar-refractivity contribution in [2.75, 3.05) is 13.7 Å². The molecule has 1 aromatic rings. The summed E-state index contributed by atoms with van der Waals surface area (Å²) < 4.78 is 5.92. The van der Waals surface area contributed by atoms with Crippen LogP contribution in [0.25, 0.3) is 0 Å². The third kappa shape index (κ3) is 2.32. The number of H-pyrrole nitrogens is 1. The number of methoxy groups -OCH3 is 1. The third-order valence-electron chi connectivity index (χ3n) is 1.42. The Morgan fingerprint density at radius 3 is 3.00 bits per heavy atom. The van der Waals surface area contributed by atoms with Crippen LogP contribution in [0.15, 0.2) is 16.7 Å². The van der Waals surface area contributed by atoms with Crippen LogP contribution in [0.1, 0.15) is 11.7 Å². The monoisotopic (exact) mass is 218 g/mol. The van der Waals surface area contributed by atoms with E-state index in [-0.39, 0.29) is 6.04 Å². The lowest BCUT2D eigenvalue weighted by Crippen LogP contribution is -2.16. The molecule has 1 atom stereocenters. The molecule has 1 heterocycles. The van der Waals surface area contributed by atoms with E-state index >= 15 is 0 Å². The molecule has 3 nitrogen and oxygen atoms in total. The van der Waals surface area contributed by atoms with E-state index < -0.39 is 0 Å². The maximum Gasteiger partial charge on any atom is 0.0685 e. The molecule has 0 spiro atoms. The zero-order chi connectivity index (χ0) is 8.27. The van der Waals surface area contributed by atoms with Crippen molar-refractivity contribution >= 4 is 15.9 Å². The Bertz CT molecular complexity index is 224. The topological polar surface area (TPSA) is 51.0 Å². The molecule has 0 aliphatic heterocycles. The molecular weight excluding hydrogens is 208 g/mol. The average Bonchev–Trinajstić information content (AvgIpc) is 2.36. The van der Waals surface area contributed by atoms with E-state index in [2.05, 4.69) is 20.9 Å². The second-order valence-corrected chi connectivity index (χ2v) is 3.25. The van der Waals surface area contributed by atoms with E-state index in [0.717, 1.165) is 10.2 Å². The summed E-state index contributed by atoms with van der Waals surface area (Å²) in [5, 5.41) is 0. The van der Waals surface area contributed by atoms with Gasteiger partial charge in [-0.1, -0.05) is 0 Å². The predicted octanol–water partition coefficient (Wildman–Crippen LogP) is 1.42. The summed E-state index contributed by atoms with van der Waals surface area (Å²) in [6.45, 7) is 0.535. The number of rotatable bonds is 3. The lowest BCUT2D eigenvalue weighted by atomic mass is 10.2. The van der Waals surface area contributed by atoms with Gasteiger partial charge in [0, 0.05) is 23.5 Å². The van der Waals surface area contributed by atoms with Gasteiger partial charge in [-0.05, 0) is 22.0 Å². The lowest BCUT2D eigenvalue weighted by molar-refractivity contribution is 0.180. The van der Waals surface area contributed by atoms with Gasteiger partial charge in [-0.3, -0.25) is 0 Å². The molecule has 1 rings (SSSR count). The van der Waals surface area contributed by atoms with Crippen molar-refractivity contribution in [1.29, 1.82) is 0 Å². The number of hydrogen-bond donors (Lipinski definition) is 2. The van der Waals surface area contributed by atoms with Crippen molar-refractivity contribution in [2.24, 2.45) is 5.73 Å². The van der Waals surface area contributed by atoms with Gasteiger partial charge >= 0.3 is 0 Å². The molecule has 0 fully saturated rings. The van der Waals surface area contributed by atoms with E-state index in [9.17, 15) is 0 Å². The van der Waals surface area contributed by atoms with Gasteiger partial charge in [-0.15, -0.1) is 0 Å². The zero-order valence-electron chi connectivity index (χ0n) is 6.30. The van der Waals surface area contributed by atoms with Gasteiger partial charge in [0.2, 0.25) is 0 Å². The van der Waals surface area contributed by atoms with Crippen molar-refractivity contribution in [3.63, 3.8) is 0 Å². The maximum absolute atomic E-state index is 5.74. The molecule has 62 valence electrons. The molecule has 0 bridgehead atoms. The van der Waals surface area contributed by atoms with Crippen LogP contribution in [0.4, 0.5) is 0 Å². The van der Waals surface area contributed by atoms with Crippen molar-refractivity contribution in [3.05, 3.63) is 22.4 Å². The number of ether oxygens (including phenoxy) is 1. The van der Waals surface area contributed by atoms with E-state index in [4.69, 9.17) is 10.5 Å². The number of nitrogens with two attached hydrogens (primary N) is 1. The highest BCUT2D eigenvalue weighted by Crippen LogP contribution is 2.15. The summed E-state index contributed by atoms with van der Waals surface area (Å²) in [5.41, 5.74) is 6.73. The van der Waals surface area contributed by atoms with Crippen LogP contribution in [0.5, 0.6) is 0 Å². The molecule has 0 saturated heterocycles. The molecule has 0 radical (unpaired) electrons. The Kier molecular flexibility index (Phi) is 3.11. The van der Waals surface area contributed by atoms with Crippen LogP contribution in [0, 0.1) is 0 Å². The van der Waals surface area contributed by atoms with E-state index in [1.54, 1.807) is 7.11 Å². The van der Waals surface area contributed by atoms with Gasteiger partial charge in [0.05, 0.1) is 12.6 Å². The van der Waals surface area contributed by atoms with Crippen molar-refractivity contribution < 1.29 is 4.74 Å². The molecule has 0 unspecified atom stereocenters. The van der Waals surface area contributed by atoms with Crippen LogP contribution in [0.3, 0.4) is 0 Å². The first-order valence-electron chi connectivity index (χ1n) is 3.32. The van der Waals surface area contributed by atoms with Gasteiger partial charge in [-0.2, -0.15) is 0 Å².